The first kappa shape index (κ1) is 14.1. The molecule has 0 heterocycles. The van der Waals surface area contributed by atoms with Crippen LogP contribution in [0.15, 0.2) is 53.4 Å². The summed E-state index contributed by atoms with van der Waals surface area (Å²) in [5.74, 6) is -0.295. The van der Waals surface area contributed by atoms with Crippen LogP contribution in [-0.2, 0) is 0 Å². The van der Waals surface area contributed by atoms with Gasteiger partial charge in [0, 0.05) is 28.3 Å². The fourth-order valence-electron chi connectivity index (χ4n) is 1.61. The van der Waals surface area contributed by atoms with Crippen molar-refractivity contribution in [2.75, 3.05) is 11.6 Å². The van der Waals surface area contributed by atoms with E-state index in [4.69, 9.17) is 0 Å². The molecule has 0 saturated heterocycles. The Labute approximate surface area is 120 Å². The van der Waals surface area contributed by atoms with E-state index in [2.05, 4.69) is 5.32 Å². The zero-order valence-electron chi connectivity index (χ0n) is 10.7. The van der Waals surface area contributed by atoms with Gasteiger partial charge in [0.15, 0.2) is 0 Å². The second kappa shape index (κ2) is 6.21. The highest BCUT2D eigenvalue weighted by Gasteiger charge is 2.09. The third-order valence-corrected chi connectivity index (χ3v) is 3.43. The van der Waals surface area contributed by atoms with Crippen molar-refractivity contribution in [2.24, 2.45) is 0 Å². The molecule has 0 saturated carbocycles. The summed E-state index contributed by atoms with van der Waals surface area (Å²) in [6.45, 7) is 0. The number of hydrogen-bond donors (Lipinski definition) is 1. The minimum atomic E-state index is -0.497. The number of nitro groups is 1. The summed E-state index contributed by atoms with van der Waals surface area (Å²) in [6, 6.07) is 12.9. The maximum atomic E-state index is 12.0. The third kappa shape index (κ3) is 3.36. The first-order valence-corrected chi connectivity index (χ1v) is 7.02. The number of amides is 1. The van der Waals surface area contributed by atoms with Gasteiger partial charge in [-0.1, -0.05) is 0 Å². The first-order valence-electron chi connectivity index (χ1n) is 5.80. The molecule has 0 aliphatic heterocycles. The molecule has 1 amide bonds. The van der Waals surface area contributed by atoms with Crippen LogP contribution in [0.25, 0.3) is 0 Å². The predicted octanol–water partition coefficient (Wildman–Crippen LogP) is 3.57. The molecule has 5 nitrogen and oxygen atoms in total. The molecule has 0 unspecified atom stereocenters. The molecule has 0 fully saturated rings. The second-order valence-electron chi connectivity index (χ2n) is 3.99. The van der Waals surface area contributed by atoms with Crippen molar-refractivity contribution in [3.63, 3.8) is 0 Å². The van der Waals surface area contributed by atoms with Gasteiger partial charge >= 0.3 is 0 Å². The van der Waals surface area contributed by atoms with Crippen LogP contribution in [0, 0.1) is 10.1 Å². The van der Waals surface area contributed by atoms with Crippen molar-refractivity contribution in [2.45, 2.75) is 4.90 Å². The Morgan fingerprint density at radius 2 is 1.70 bits per heavy atom. The lowest BCUT2D eigenvalue weighted by Gasteiger charge is -2.05. The zero-order chi connectivity index (χ0) is 14.5. The van der Waals surface area contributed by atoms with Gasteiger partial charge in [0.25, 0.3) is 11.6 Å². The molecule has 0 aliphatic carbocycles. The number of nitrogens with one attached hydrogen (secondary N) is 1. The second-order valence-corrected chi connectivity index (χ2v) is 4.87. The highest BCUT2D eigenvalue weighted by atomic mass is 32.2. The van der Waals surface area contributed by atoms with Crippen LogP contribution in [0.3, 0.4) is 0 Å². The Kier molecular flexibility index (Phi) is 4.37. The normalized spacial score (nSPS) is 10.1. The molecule has 2 aromatic carbocycles. The van der Waals surface area contributed by atoms with Crippen LogP contribution >= 0.6 is 11.8 Å². The summed E-state index contributed by atoms with van der Waals surface area (Å²) in [4.78, 5) is 23.1. The summed E-state index contributed by atoms with van der Waals surface area (Å²) in [7, 11) is 0. The molecule has 1 N–H and O–H groups in total. The van der Waals surface area contributed by atoms with Gasteiger partial charge in [0.1, 0.15) is 0 Å². The summed E-state index contributed by atoms with van der Waals surface area (Å²) in [5, 5.41) is 13.3. The molecule has 0 aliphatic rings. The summed E-state index contributed by atoms with van der Waals surface area (Å²) in [6.07, 6.45) is 1.98. The standard InChI is InChI=1S/C14H12N2O3S/c1-20-13-8-4-11(5-9-13)15-14(17)10-2-6-12(7-3-10)16(18)19/h2-9H,1H3,(H,15,17). The molecule has 6 heteroatoms. The van der Waals surface area contributed by atoms with Gasteiger partial charge in [0.2, 0.25) is 0 Å². The lowest BCUT2D eigenvalue weighted by atomic mass is 10.2. The van der Waals surface area contributed by atoms with Crippen molar-refractivity contribution < 1.29 is 9.72 Å². The Morgan fingerprint density at radius 3 is 2.20 bits per heavy atom. The third-order valence-electron chi connectivity index (χ3n) is 2.69. The maximum Gasteiger partial charge on any atom is 0.269 e. The van der Waals surface area contributed by atoms with Gasteiger partial charge < -0.3 is 5.32 Å². The minimum absolute atomic E-state index is 0.0362. The topological polar surface area (TPSA) is 72.2 Å². The quantitative estimate of drug-likeness (QED) is 0.530. The number of hydrogen-bond acceptors (Lipinski definition) is 4. The predicted molar refractivity (Wildman–Crippen MR) is 79.3 cm³/mol. The molecule has 0 atom stereocenters. The van der Waals surface area contributed by atoms with Crippen molar-refractivity contribution in [1.82, 2.24) is 0 Å². The molecule has 0 spiro atoms. The van der Waals surface area contributed by atoms with E-state index in [1.807, 2.05) is 30.5 Å². The van der Waals surface area contributed by atoms with Gasteiger partial charge in [-0.05, 0) is 42.7 Å². The molecule has 102 valence electrons. The van der Waals surface area contributed by atoms with Crippen LogP contribution < -0.4 is 5.32 Å². The van der Waals surface area contributed by atoms with Crippen molar-refractivity contribution in [3.8, 4) is 0 Å². The van der Waals surface area contributed by atoms with E-state index < -0.39 is 4.92 Å². The molecule has 0 radical (unpaired) electrons. The number of non-ortho nitro benzene ring substituents is 1. The highest BCUT2D eigenvalue weighted by molar-refractivity contribution is 7.98. The number of thioether (sulfide) groups is 1. The van der Waals surface area contributed by atoms with E-state index in [0.717, 1.165) is 4.90 Å². The van der Waals surface area contributed by atoms with Crippen molar-refractivity contribution in [3.05, 3.63) is 64.2 Å². The minimum Gasteiger partial charge on any atom is -0.322 e. The molecular formula is C14H12N2O3S. The number of carbonyl (C=O) groups is 1. The fraction of sp³-hybridized carbons (Fsp3) is 0.0714. The average Bonchev–Trinajstić information content (AvgIpc) is 2.48. The molecule has 2 aromatic rings. The van der Waals surface area contributed by atoms with Crippen LogP contribution in [0.1, 0.15) is 10.4 Å². The summed E-state index contributed by atoms with van der Waals surface area (Å²) >= 11 is 1.62. The number of nitro benzene ring substituents is 1. The van der Waals surface area contributed by atoms with Crippen LogP contribution in [0.4, 0.5) is 11.4 Å². The van der Waals surface area contributed by atoms with Gasteiger partial charge in [-0.25, -0.2) is 0 Å². The molecule has 20 heavy (non-hydrogen) atoms. The van der Waals surface area contributed by atoms with Crippen molar-refractivity contribution >= 4 is 29.0 Å². The van der Waals surface area contributed by atoms with Gasteiger partial charge in [-0.15, -0.1) is 11.8 Å². The maximum absolute atomic E-state index is 12.0. The van der Waals surface area contributed by atoms with E-state index >= 15 is 0 Å². The number of anilines is 1. The number of carbonyl (C=O) groups excluding carboxylic acids is 1. The fourth-order valence-corrected chi connectivity index (χ4v) is 2.02. The first-order chi connectivity index (χ1) is 9.60. The molecule has 0 aromatic heterocycles. The average molecular weight is 288 g/mol. The van der Waals surface area contributed by atoms with Crippen LogP contribution in [0.2, 0.25) is 0 Å². The highest BCUT2D eigenvalue weighted by Crippen LogP contribution is 2.18. The molecule has 2 rings (SSSR count). The van der Waals surface area contributed by atoms with E-state index in [-0.39, 0.29) is 11.6 Å². The Balaban J connectivity index is 2.08. The van der Waals surface area contributed by atoms with Crippen LogP contribution in [0.5, 0.6) is 0 Å². The van der Waals surface area contributed by atoms with E-state index in [1.54, 1.807) is 11.8 Å². The van der Waals surface area contributed by atoms with Gasteiger partial charge in [-0.3, -0.25) is 14.9 Å². The van der Waals surface area contributed by atoms with Crippen LogP contribution in [-0.4, -0.2) is 17.1 Å². The van der Waals surface area contributed by atoms with E-state index in [1.165, 1.54) is 24.3 Å². The largest absolute Gasteiger partial charge is 0.322 e. The smallest absolute Gasteiger partial charge is 0.269 e. The lowest BCUT2D eigenvalue weighted by Crippen LogP contribution is -2.11. The SMILES string of the molecule is CSc1ccc(NC(=O)c2ccc([N+](=O)[O-])cc2)cc1. The summed E-state index contributed by atoms with van der Waals surface area (Å²) in [5.41, 5.74) is 1.03. The number of rotatable bonds is 4. The summed E-state index contributed by atoms with van der Waals surface area (Å²) < 4.78 is 0. The zero-order valence-corrected chi connectivity index (χ0v) is 11.5. The van der Waals surface area contributed by atoms with Gasteiger partial charge in [0.05, 0.1) is 4.92 Å². The molecular weight excluding hydrogens is 276 g/mol. The van der Waals surface area contributed by atoms with E-state index in [9.17, 15) is 14.9 Å². The monoisotopic (exact) mass is 288 g/mol. The number of nitrogens with zero attached hydrogens (tertiary/aromatic N) is 1. The van der Waals surface area contributed by atoms with E-state index in [0.29, 0.717) is 11.3 Å². The Bertz CT molecular complexity index is 624. The van der Waals surface area contributed by atoms with Gasteiger partial charge in [-0.2, -0.15) is 0 Å². The molecule has 0 bridgehead atoms. The lowest BCUT2D eigenvalue weighted by molar-refractivity contribution is -0.384. The Hall–Kier alpha value is -2.34. The Morgan fingerprint density at radius 1 is 1.10 bits per heavy atom. The number of benzene rings is 2. The van der Waals surface area contributed by atoms with Crippen molar-refractivity contribution in [1.29, 1.82) is 0 Å².